The van der Waals surface area contributed by atoms with Gasteiger partial charge in [0.2, 0.25) is 0 Å². The van der Waals surface area contributed by atoms with E-state index < -0.39 is 11.0 Å². The minimum absolute atomic E-state index is 0.0503. The molecule has 2 aromatic heterocycles. The van der Waals surface area contributed by atoms with E-state index in [0.717, 1.165) is 0 Å². The van der Waals surface area contributed by atoms with E-state index in [9.17, 15) is 14.5 Å². The highest BCUT2D eigenvalue weighted by molar-refractivity contribution is 5.49. The molecule has 0 radical (unpaired) electrons. The van der Waals surface area contributed by atoms with Gasteiger partial charge >= 0.3 is 0 Å². The fourth-order valence-corrected chi connectivity index (χ4v) is 2.53. The number of nitro groups is 1. The fourth-order valence-electron chi connectivity index (χ4n) is 2.53. The van der Waals surface area contributed by atoms with Gasteiger partial charge in [-0.15, -0.1) is 0 Å². The van der Waals surface area contributed by atoms with Crippen molar-refractivity contribution in [2.75, 3.05) is 5.32 Å². The average Bonchev–Trinajstić information content (AvgIpc) is 2.60. The Bertz CT molecular complexity index is 903. The molecule has 3 aromatic rings. The molecular weight excluding hydrogens is 323 g/mol. The van der Waals surface area contributed by atoms with Crippen molar-refractivity contribution >= 4 is 11.5 Å². The third kappa shape index (κ3) is 3.77. The molecule has 3 rings (SSSR count). The van der Waals surface area contributed by atoms with Crippen LogP contribution in [0.2, 0.25) is 0 Å². The minimum Gasteiger partial charge on any atom is -0.358 e. The fraction of sp³-hybridized carbons (Fsp3) is 0.111. The molecular formula is C18H15FN4O2. The molecule has 6 nitrogen and oxygen atoms in total. The van der Waals surface area contributed by atoms with Gasteiger partial charge in [-0.05, 0) is 42.8 Å². The van der Waals surface area contributed by atoms with Gasteiger partial charge in [0.1, 0.15) is 17.8 Å². The number of aromatic nitrogens is 2. The Hall–Kier alpha value is -3.35. The molecule has 0 fully saturated rings. The summed E-state index contributed by atoms with van der Waals surface area (Å²) in [5.74, 6) is 0.0936. The van der Waals surface area contributed by atoms with E-state index in [1.54, 1.807) is 37.4 Å². The Balaban J connectivity index is 1.98. The van der Waals surface area contributed by atoms with Crippen LogP contribution in [0.5, 0.6) is 0 Å². The molecule has 0 bridgehead atoms. The minimum atomic E-state index is -0.477. The predicted molar refractivity (Wildman–Crippen MR) is 91.7 cm³/mol. The van der Waals surface area contributed by atoms with E-state index in [4.69, 9.17) is 0 Å². The van der Waals surface area contributed by atoms with Crippen molar-refractivity contribution in [2.45, 2.75) is 13.0 Å². The van der Waals surface area contributed by atoms with Gasteiger partial charge in [0.05, 0.1) is 16.7 Å². The lowest BCUT2D eigenvalue weighted by atomic mass is 10.0. The summed E-state index contributed by atoms with van der Waals surface area (Å²) in [6.07, 6.45) is 2.86. The van der Waals surface area contributed by atoms with Crippen molar-refractivity contribution in [1.82, 2.24) is 9.97 Å². The van der Waals surface area contributed by atoms with Gasteiger partial charge in [-0.1, -0.05) is 18.2 Å². The van der Waals surface area contributed by atoms with E-state index in [-0.39, 0.29) is 11.5 Å². The number of nitrogens with one attached hydrogen (secondary N) is 1. The second kappa shape index (κ2) is 7.04. The SMILES string of the molecule is Cc1cc(NC(c2cccc(F)c2)c2ccccn2)ncc1[N+](=O)[O-]. The van der Waals surface area contributed by atoms with Crippen LogP contribution in [-0.4, -0.2) is 14.9 Å². The van der Waals surface area contributed by atoms with Crippen LogP contribution in [0.4, 0.5) is 15.9 Å². The van der Waals surface area contributed by atoms with Gasteiger partial charge in [0, 0.05) is 11.8 Å². The number of rotatable bonds is 5. The maximum absolute atomic E-state index is 13.6. The maximum Gasteiger partial charge on any atom is 0.290 e. The molecule has 25 heavy (non-hydrogen) atoms. The summed E-state index contributed by atoms with van der Waals surface area (Å²) < 4.78 is 13.6. The second-order valence-electron chi connectivity index (χ2n) is 5.50. The molecule has 0 spiro atoms. The highest BCUT2D eigenvalue weighted by Gasteiger charge is 2.18. The zero-order valence-corrected chi connectivity index (χ0v) is 13.4. The molecule has 0 saturated carbocycles. The highest BCUT2D eigenvalue weighted by Crippen LogP contribution is 2.27. The molecule has 0 amide bonds. The van der Waals surface area contributed by atoms with E-state index in [2.05, 4.69) is 15.3 Å². The van der Waals surface area contributed by atoms with Crippen LogP contribution in [0.1, 0.15) is 22.9 Å². The first kappa shape index (κ1) is 16.5. The maximum atomic E-state index is 13.6. The summed E-state index contributed by atoms with van der Waals surface area (Å²) in [7, 11) is 0. The van der Waals surface area contributed by atoms with E-state index in [0.29, 0.717) is 22.6 Å². The molecule has 1 unspecified atom stereocenters. The molecule has 0 aliphatic heterocycles. The first-order chi connectivity index (χ1) is 12.0. The molecule has 1 aromatic carbocycles. The van der Waals surface area contributed by atoms with Crippen molar-refractivity contribution in [2.24, 2.45) is 0 Å². The monoisotopic (exact) mass is 338 g/mol. The van der Waals surface area contributed by atoms with Crippen molar-refractivity contribution < 1.29 is 9.31 Å². The van der Waals surface area contributed by atoms with Gasteiger partial charge in [-0.3, -0.25) is 15.1 Å². The first-order valence-corrected chi connectivity index (χ1v) is 7.58. The lowest BCUT2D eigenvalue weighted by Crippen LogP contribution is -2.15. The van der Waals surface area contributed by atoms with Gasteiger partial charge < -0.3 is 5.32 Å². The van der Waals surface area contributed by atoms with Crippen molar-refractivity contribution in [3.8, 4) is 0 Å². The van der Waals surface area contributed by atoms with Crippen molar-refractivity contribution in [3.05, 3.63) is 93.7 Å². The molecule has 0 saturated heterocycles. The highest BCUT2D eigenvalue weighted by atomic mass is 19.1. The zero-order chi connectivity index (χ0) is 17.8. The van der Waals surface area contributed by atoms with Crippen LogP contribution in [0.25, 0.3) is 0 Å². The van der Waals surface area contributed by atoms with Gasteiger partial charge in [-0.25, -0.2) is 9.37 Å². The summed E-state index contributed by atoms with van der Waals surface area (Å²) in [5.41, 5.74) is 1.80. The lowest BCUT2D eigenvalue weighted by Gasteiger charge is -2.19. The Morgan fingerprint density at radius 1 is 1.16 bits per heavy atom. The number of hydrogen-bond acceptors (Lipinski definition) is 5. The smallest absolute Gasteiger partial charge is 0.290 e. The largest absolute Gasteiger partial charge is 0.358 e. The van der Waals surface area contributed by atoms with Gasteiger partial charge in [0.25, 0.3) is 5.69 Å². The van der Waals surface area contributed by atoms with E-state index >= 15 is 0 Å². The number of pyridine rings is 2. The summed E-state index contributed by atoms with van der Waals surface area (Å²) in [4.78, 5) is 18.9. The van der Waals surface area contributed by atoms with Crippen LogP contribution in [0, 0.1) is 22.9 Å². The third-order valence-corrected chi connectivity index (χ3v) is 3.74. The number of halogens is 1. The molecule has 0 aliphatic rings. The molecule has 126 valence electrons. The van der Waals surface area contributed by atoms with Crippen molar-refractivity contribution in [3.63, 3.8) is 0 Å². The van der Waals surface area contributed by atoms with E-state index in [1.165, 1.54) is 18.3 Å². The average molecular weight is 338 g/mol. The molecule has 7 heteroatoms. The second-order valence-corrected chi connectivity index (χ2v) is 5.50. The Kier molecular flexibility index (Phi) is 4.65. The normalized spacial score (nSPS) is 11.8. The van der Waals surface area contributed by atoms with Gasteiger partial charge in [-0.2, -0.15) is 0 Å². The predicted octanol–water partition coefficient (Wildman–Crippen LogP) is 4.03. The Morgan fingerprint density at radius 2 is 2.00 bits per heavy atom. The quantitative estimate of drug-likeness (QED) is 0.561. The van der Waals surface area contributed by atoms with Crippen LogP contribution >= 0.6 is 0 Å². The van der Waals surface area contributed by atoms with Crippen molar-refractivity contribution in [1.29, 1.82) is 0 Å². The molecule has 0 aliphatic carbocycles. The zero-order valence-electron chi connectivity index (χ0n) is 13.4. The number of hydrogen-bond donors (Lipinski definition) is 1. The third-order valence-electron chi connectivity index (χ3n) is 3.74. The summed E-state index contributed by atoms with van der Waals surface area (Å²) in [6, 6.07) is 12.8. The van der Waals surface area contributed by atoms with Gasteiger partial charge in [0.15, 0.2) is 0 Å². The molecule has 2 heterocycles. The Morgan fingerprint density at radius 3 is 2.64 bits per heavy atom. The standard InChI is InChI=1S/C18H15FN4O2/c1-12-9-17(21-11-16(12)23(24)25)22-18(15-7-2-3-8-20-15)13-5-4-6-14(19)10-13/h2-11,18H,1H3,(H,21,22). The lowest BCUT2D eigenvalue weighted by molar-refractivity contribution is -0.385. The topological polar surface area (TPSA) is 81.0 Å². The van der Waals surface area contributed by atoms with Crippen LogP contribution in [-0.2, 0) is 0 Å². The number of aryl methyl sites for hydroxylation is 1. The molecule has 1 N–H and O–H groups in total. The summed E-state index contributed by atoms with van der Waals surface area (Å²) in [5, 5.41) is 14.1. The summed E-state index contributed by atoms with van der Waals surface area (Å²) in [6.45, 7) is 1.64. The van der Waals surface area contributed by atoms with E-state index in [1.807, 2.05) is 12.1 Å². The number of nitrogens with zero attached hydrogens (tertiary/aromatic N) is 3. The number of benzene rings is 1. The van der Waals surface area contributed by atoms with Crippen LogP contribution in [0.15, 0.2) is 60.9 Å². The summed E-state index contributed by atoms with van der Waals surface area (Å²) >= 11 is 0. The first-order valence-electron chi connectivity index (χ1n) is 7.58. The van der Waals surface area contributed by atoms with Crippen LogP contribution < -0.4 is 5.32 Å². The van der Waals surface area contributed by atoms with Crippen LogP contribution in [0.3, 0.4) is 0 Å². The Labute approximate surface area is 143 Å². The number of anilines is 1. The molecule has 1 atom stereocenters.